The molecule has 0 radical (unpaired) electrons. The lowest BCUT2D eigenvalue weighted by Gasteiger charge is -2.11. The smallest absolute Gasteiger partial charge is 0.228 e. The fourth-order valence-corrected chi connectivity index (χ4v) is 2.85. The minimum atomic E-state index is -1.65. The van der Waals surface area contributed by atoms with Crippen LogP contribution < -0.4 is 10.6 Å². The van der Waals surface area contributed by atoms with Crippen molar-refractivity contribution in [1.29, 1.82) is 0 Å². The third kappa shape index (κ3) is 3.42. The molecule has 2 N–H and O–H groups in total. The van der Waals surface area contributed by atoms with Gasteiger partial charge in [-0.3, -0.25) is 9.59 Å². The third-order valence-electron chi connectivity index (χ3n) is 4.49. The number of hydrogen-bond acceptors (Lipinski definition) is 2. The second kappa shape index (κ2) is 6.82. The van der Waals surface area contributed by atoms with E-state index >= 15 is 0 Å². The molecule has 4 nitrogen and oxygen atoms in total. The number of aryl methyl sites for hydroxylation is 2. The zero-order chi connectivity index (χ0) is 19.0. The summed E-state index contributed by atoms with van der Waals surface area (Å²) in [7, 11) is 0. The molecular formula is C19H17F3N2O2. The van der Waals surface area contributed by atoms with Crippen LogP contribution in [-0.2, 0) is 9.59 Å². The minimum Gasteiger partial charge on any atom is -0.325 e. The highest BCUT2D eigenvalue weighted by Gasteiger charge is 2.48. The highest BCUT2D eigenvalue weighted by atomic mass is 19.2. The van der Waals surface area contributed by atoms with E-state index in [1.807, 2.05) is 32.0 Å². The van der Waals surface area contributed by atoms with Crippen molar-refractivity contribution in [1.82, 2.24) is 0 Å². The number of anilines is 2. The van der Waals surface area contributed by atoms with Crippen LogP contribution in [0.3, 0.4) is 0 Å². The van der Waals surface area contributed by atoms with Crippen LogP contribution in [0.4, 0.5) is 24.5 Å². The van der Waals surface area contributed by atoms with Crippen LogP contribution in [0.15, 0.2) is 30.3 Å². The molecule has 2 amide bonds. The van der Waals surface area contributed by atoms with Gasteiger partial charge in [-0.25, -0.2) is 13.2 Å². The molecule has 1 aliphatic rings. The van der Waals surface area contributed by atoms with E-state index in [1.165, 1.54) is 0 Å². The normalized spacial score (nSPS) is 18.3. The number of nitrogens with one attached hydrogen (secondary N) is 2. The predicted octanol–water partition coefficient (Wildman–Crippen LogP) is 3.93. The van der Waals surface area contributed by atoms with Gasteiger partial charge in [-0.2, -0.15) is 0 Å². The first-order chi connectivity index (χ1) is 12.3. The second-order valence-corrected chi connectivity index (χ2v) is 6.42. The summed E-state index contributed by atoms with van der Waals surface area (Å²) in [4.78, 5) is 24.5. The molecule has 136 valence electrons. The average molecular weight is 362 g/mol. The highest BCUT2D eigenvalue weighted by Crippen LogP contribution is 2.41. The Bertz CT molecular complexity index is 878. The van der Waals surface area contributed by atoms with Gasteiger partial charge in [0.25, 0.3) is 0 Å². The Labute approximate surface area is 148 Å². The lowest BCUT2D eigenvalue weighted by atomic mass is 10.1. The summed E-state index contributed by atoms with van der Waals surface area (Å²) in [6.07, 6.45) is 0.313. The first-order valence-corrected chi connectivity index (χ1v) is 8.11. The number of carbonyl (C=O) groups is 2. The highest BCUT2D eigenvalue weighted by molar-refractivity contribution is 6.03. The zero-order valence-electron chi connectivity index (χ0n) is 14.2. The number of carbonyl (C=O) groups excluding carboxylic acids is 2. The van der Waals surface area contributed by atoms with Crippen molar-refractivity contribution in [3.8, 4) is 0 Å². The van der Waals surface area contributed by atoms with Gasteiger partial charge >= 0.3 is 0 Å². The van der Waals surface area contributed by atoms with Crippen LogP contribution >= 0.6 is 0 Å². The standard InChI is InChI=1S/C19H17F3N2O2/c1-9-4-3-5-10(2)17(9)24-19(26)12-8-11(12)18(25)23-14-7-6-13(20)15(21)16(14)22/h3-7,11-12H,8H2,1-2H3,(H,23,25)(H,24,26). The summed E-state index contributed by atoms with van der Waals surface area (Å²) in [5.41, 5.74) is 2.07. The number of hydrogen-bond donors (Lipinski definition) is 2. The van der Waals surface area contributed by atoms with E-state index in [4.69, 9.17) is 0 Å². The molecule has 2 aromatic rings. The molecule has 1 saturated carbocycles. The monoisotopic (exact) mass is 362 g/mol. The molecule has 1 aliphatic carbocycles. The van der Waals surface area contributed by atoms with Crippen molar-refractivity contribution < 1.29 is 22.8 Å². The van der Waals surface area contributed by atoms with Crippen LogP contribution in [0.1, 0.15) is 17.5 Å². The largest absolute Gasteiger partial charge is 0.325 e. The molecule has 2 aromatic carbocycles. The van der Waals surface area contributed by atoms with Crippen LogP contribution in [-0.4, -0.2) is 11.8 Å². The number of benzene rings is 2. The molecule has 26 heavy (non-hydrogen) atoms. The van der Waals surface area contributed by atoms with Crippen molar-refractivity contribution in [2.24, 2.45) is 11.8 Å². The lowest BCUT2D eigenvalue weighted by Crippen LogP contribution is -2.21. The third-order valence-corrected chi connectivity index (χ3v) is 4.49. The molecule has 0 aromatic heterocycles. The summed E-state index contributed by atoms with van der Waals surface area (Å²) >= 11 is 0. The molecule has 3 rings (SSSR count). The number of rotatable bonds is 4. The lowest BCUT2D eigenvalue weighted by molar-refractivity contribution is -0.122. The van der Waals surface area contributed by atoms with Crippen molar-refractivity contribution in [3.05, 3.63) is 58.9 Å². The van der Waals surface area contributed by atoms with Gasteiger partial charge in [-0.15, -0.1) is 0 Å². The molecule has 2 atom stereocenters. The van der Waals surface area contributed by atoms with E-state index in [9.17, 15) is 22.8 Å². The van der Waals surface area contributed by atoms with Crippen molar-refractivity contribution in [2.45, 2.75) is 20.3 Å². The quantitative estimate of drug-likeness (QED) is 0.810. The van der Waals surface area contributed by atoms with Crippen LogP contribution in [0.2, 0.25) is 0 Å². The fraction of sp³-hybridized carbons (Fsp3) is 0.263. The Morgan fingerprint density at radius 2 is 1.46 bits per heavy atom. The maximum Gasteiger partial charge on any atom is 0.228 e. The van der Waals surface area contributed by atoms with Gasteiger partial charge < -0.3 is 10.6 Å². The Kier molecular flexibility index (Phi) is 4.71. The Balaban J connectivity index is 1.64. The number of amides is 2. The van der Waals surface area contributed by atoms with Gasteiger partial charge in [0.15, 0.2) is 17.5 Å². The van der Waals surface area contributed by atoms with Crippen molar-refractivity contribution >= 4 is 23.2 Å². The minimum absolute atomic E-state index is 0.298. The number of halogens is 3. The summed E-state index contributed by atoms with van der Waals surface area (Å²) in [6, 6.07) is 7.28. The molecule has 0 heterocycles. The molecule has 0 spiro atoms. The molecule has 1 fully saturated rings. The zero-order valence-corrected chi connectivity index (χ0v) is 14.2. The molecule has 0 bridgehead atoms. The molecular weight excluding hydrogens is 345 g/mol. The van der Waals surface area contributed by atoms with E-state index in [0.717, 1.165) is 23.3 Å². The van der Waals surface area contributed by atoms with Gasteiger partial charge in [-0.1, -0.05) is 18.2 Å². The molecule has 0 aliphatic heterocycles. The van der Waals surface area contributed by atoms with Crippen LogP contribution in [0, 0.1) is 43.1 Å². The average Bonchev–Trinajstić information content (AvgIpc) is 3.39. The predicted molar refractivity (Wildman–Crippen MR) is 91.1 cm³/mol. The second-order valence-electron chi connectivity index (χ2n) is 6.42. The van der Waals surface area contributed by atoms with Crippen LogP contribution in [0.25, 0.3) is 0 Å². The first-order valence-electron chi connectivity index (χ1n) is 8.11. The van der Waals surface area contributed by atoms with Gasteiger partial charge in [0.05, 0.1) is 17.5 Å². The summed E-state index contributed by atoms with van der Waals surface area (Å²) in [5.74, 6) is -6.52. The summed E-state index contributed by atoms with van der Waals surface area (Å²) in [5, 5.41) is 5.03. The van der Waals surface area contributed by atoms with Gasteiger partial charge in [-0.05, 0) is 43.5 Å². The van der Waals surface area contributed by atoms with Crippen LogP contribution in [0.5, 0.6) is 0 Å². The fourth-order valence-electron chi connectivity index (χ4n) is 2.85. The number of para-hydroxylation sites is 1. The van der Waals surface area contributed by atoms with E-state index in [1.54, 1.807) is 0 Å². The van der Waals surface area contributed by atoms with E-state index in [0.29, 0.717) is 12.1 Å². The molecule has 0 saturated heterocycles. The Morgan fingerprint density at radius 1 is 0.885 bits per heavy atom. The Hall–Kier alpha value is -2.83. The van der Waals surface area contributed by atoms with Crippen molar-refractivity contribution in [3.63, 3.8) is 0 Å². The molecule has 2 unspecified atom stereocenters. The summed E-state index contributed by atoms with van der Waals surface area (Å²) in [6.45, 7) is 3.73. The van der Waals surface area contributed by atoms with E-state index < -0.39 is 40.9 Å². The SMILES string of the molecule is Cc1cccc(C)c1NC(=O)C1CC1C(=O)Nc1ccc(F)c(F)c1F. The summed E-state index contributed by atoms with van der Waals surface area (Å²) < 4.78 is 39.8. The topological polar surface area (TPSA) is 58.2 Å². The van der Waals surface area contributed by atoms with Gasteiger partial charge in [0.2, 0.25) is 11.8 Å². The van der Waals surface area contributed by atoms with Gasteiger partial charge in [0.1, 0.15) is 0 Å². The van der Waals surface area contributed by atoms with E-state index in [2.05, 4.69) is 10.6 Å². The maximum absolute atomic E-state index is 13.6. The van der Waals surface area contributed by atoms with Crippen molar-refractivity contribution in [2.75, 3.05) is 10.6 Å². The van der Waals surface area contributed by atoms with Gasteiger partial charge in [0, 0.05) is 5.69 Å². The molecule has 7 heteroatoms. The van der Waals surface area contributed by atoms with E-state index in [-0.39, 0.29) is 5.91 Å². The first kappa shape index (κ1) is 18.0. The Morgan fingerprint density at radius 3 is 2.08 bits per heavy atom. The maximum atomic E-state index is 13.6.